The fourth-order valence-corrected chi connectivity index (χ4v) is 1.62. The van der Waals surface area contributed by atoms with Crippen molar-refractivity contribution in [3.63, 3.8) is 0 Å². The van der Waals surface area contributed by atoms with E-state index < -0.39 is 0 Å². The van der Waals surface area contributed by atoms with E-state index in [0.717, 1.165) is 5.82 Å². The molecule has 1 aliphatic heterocycles. The second-order valence-electron chi connectivity index (χ2n) is 5.37. The van der Waals surface area contributed by atoms with Gasteiger partial charge >= 0.3 is 0 Å². The lowest BCUT2D eigenvalue weighted by Crippen LogP contribution is -2.28. The molecule has 1 unspecified atom stereocenters. The van der Waals surface area contributed by atoms with E-state index in [1.807, 2.05) is 17.0 Å². The molecule has 1 aromatic rings. The zero-order chi connectivity index (χ0) is 11.1. The fraction of sp³-hybridized carbons (Fsp3) is 0.462. The van der Waals surface area contributed by atoms with Gasteiger partial charge in [0.05, 0.1) is 0 Å². The first-order valence-electron chi connectivity index (χ1n) is 5.34. The number of fused-ring (bicyclic) bond motifs is 1. The highest BCUT2D eigenvalue weighted by Gasteiger charge is 2.33. The van der Waals surface area contributed by atoms with Crippen molar-refractivity contribution in [1.82, 2.24) is 9.55 Å². The lowest BCUT2D eigenvalue weighted by atomic mass is 9.68. The molecule has 0 amide bonds. The first-order valence-corrected chi connectivity index (χ1v) is 5.34. The summed E-state index contributed by atoms with van der Waals surface area (Å²) in [6, 6.07) is 0. The van der Waals surface area contributed by atoms with E-state index in [-0.39, 0.29) is 10.8 Å². The average Bonchev–Trinajstić information content (AvgIpc) is 2.51. The molecule has 0 saturated carbocycles. The number of hydrogen-bond acceptors (Lipinski definition) is 1. The molecule has 0 saturated heterocycles. The number of imidazole rings is 1. The second-order valence-corrected chi connectivity index (χ2v) is 5.37. The largest absolute Gasteiger partial charge is 0.307 e. The Morgan fingerprint density at radius 1 is 1.27 bits per heavy atom. The highest BCUT2D eigenvalue weighted by Crippen LogP contribution is 2.42. The average molecular weight is 202 g/mol. The van der Waals surface area contributed by atoms with Crippen LogP contribution in [0.4, 0.5) is 0 Å². The minimum Gasteiger partial charge on any atom is -0.307 e. The van der Waals surface area contributed by atoms with Crippen molar-refractivity contribution in [3.8, 4) is 0 Å². The van der Waals surface area contributed by atoms with Gasteiger partial charge in [0.2, 0.25) is 0 Å². The summed E-state index contributed by atoms with van der Waals surface area (Å²) in [6.45, 7) is 9.04. The standard InChI is InChI=1S/C13H18N2/c1-12(2,3)13(4)6-5-11-14-8-10-15(11)9-7-13/h5-10H,1-4H3. The van der Waals surface area contributed by atoms with Crippen LogP contribution in [-0.2, 0) is 0 Å². The Balaban J connectivity index is 2.45. The van der Waals surface area contributed by atoms with Gasteiger partial charge in [0, 0.05) is 24.0 Å². The summed E-state index contributed by atoms with van der Waals surface area (Å²) in [4.78, 5) is 4.29. The van der Waals surface area contributed by atoms with Crippen molar-refractivity contribution in [2.75, 3.05) is 0 Å². The maximum atomic E-state index is 4.29. The Hall–Kier alpha value is -1.31. The third-order valence-corrected chi connectivity index (χ3v) is 3.47. The van der Waals surface area contributed by atoms with Crippen LogP contribution in [0.1, 0.15) is 33.5 Å². The Morgan fingerprint density at radius 2 is 2.00 bits per heavy atom. The van der Waals surface area contributed by atoms with Crippen molar-refractivity contribution in [3.05, 3.63) is 30.4 Å². The first-order chi connectivity index (χ1) is 6.92. The summed E-state index contributed by atoms with van der Waals surface area (Å²) in [5.74, 6) is 0.999. The van der Waals surface area contributed by atoms with Gasteiger partial charge in [-0.15, -0.1) is 0 Å². The summed E-state index contributed by atoms with van der Waals surface area (Å²) in [7, 11) is 0. The maximum absolute atomic E-state index is 4.29. The normalized spacial score (nSPS) is 25.1. The van der Waals surface area contributed by atoms with Crippen LogP contribution in [-0.4, -0.2) is 9.55 Å². The molecule has 80 valence electrons. The topological polar surface area (TPSA) is 17.8 Å². The molecule has 1 aliphatic rings. The predicted molar refractivity (Wildman–Crippen MR) is 64.2 cm³/mol. The van der Waals surface area contributed by atoms with Gasteiger partial charge in [-0.05, 0) is 11.5 Å². The molecular weight excluding hydrogens is 184 g/mol. The molecule has 0 aromatic carbocycles. The van der Waals surface area contributed by atoms with Crippen LogP contribution < -0.4 is 0 Å². The summed E-state index contributed by atoms with van der Waals surface area (Å²) in [6.07, 6.45) is 12.5. The van der Waals surface area contributed by atoms with Crippen LogP contribution in [0.25, 0.3) is 12.3 Å². The molecule has 0 spiro atoms. The molecule has 0 aliphatic carbocycles. The van der Waals surface area contributed by atoms with Crippen molar-refractivity contribution < 1.29 is 0 Å². The minimum absolute atomic E-state index is 0.0771. The quantitative estimate of drug-likeness (QED) is 0.630. The lowest BCUT2D eigenvalue weighted by molar-refractivity contribution is 0.230. The summed E-state index contributed by atoms with van der Waals surface area (Å²) < 4.78 is 2.05. The summed E-state index contributed by atoms with van der Waals surface area (Å²) in [5.41, 5.74) is 0.289. The van der Waals surface area contributed by atoms with E-state index >= 15 is 0 Å². The van der Waals surface area contributed by atoms with Gasteiger partial charge in [-0.3, -0.25) is 0 Å². The monoisotopic (exact) mass is 202 g/mol. The van der Waals surface area contributed by atoms with E-state index in [2.05, 4.69) is 57.1 Å². The third-order valence-electron chi connectivity index (χ3n) is 3.47. The van der Waals surface area contributed by atoms with E-state index in [1.54, 1.807) is 0 Å². The van der Waals surface area contributed by atoms with Gasteiger partial charge < -0.3 is 4.57 Å². The summed E-state index contributed by atoms with van der Waals surface area (Å²) >= 11 is 0. The van der Waals surface area contributed by atoms with Crippen LogP contribution in [0.2, 0.25) is 0 Å². The Kier molecular flexibility index (Phi) is 2.10. The molecule has 1 atom stereocenters. The van der Waals surface area contributed by atoms with Gasteiger partial charge in [0.1, 0.15) is 5.82 Å². The smallest absolute Gasteiger partial charge is 0.136 e. The number of nitrogens with zero attached hydrogens (tertiary/aromatic N) is 2. The molecule has 2 heterocycles. The van der Waals surface area contributed by atoms with Gasteiger partial charge in [0.15, 0.2) is 0 Å². The number of aromatic nitrogens is 2. The lowest BCUT2D eigenvalue weighted by Gasteiger charge is -2.36. The molecule has 0 radical (unpaired) electrons. The molecule has 15 heavy (non-hydrogen) atoms. The predicted octanol–water partition coefficient (Wildman–Crippen LogP) is 3.43. The molecule has 1 aromatic heterocycles. The minimum atomic E-state index is 0.0771. The molecule has 0 N–H and O–H groups in total. The van der Waals surface area contributed by atoms with Crippen LogP contribution in [0.5, 0.6) is 0 Å². The van der Waals surface area contributed by atoms with Crippen LogP contribution in [0.15, 0.2) is 24.5 Å². The van der Waals surface area contributed by atoms with E-state index in [0.29, 0.717) is 0 Å². The number of rotatable bonds is 0. The Morgan fingerprint density at radius 3 is 2.67 bits per heavy atom. The van der Waals surface area contributed by atoms with E-state index in [4.69, 9.17) is 0 Å². The van der Waals surface area contributed by atoms with Crippen molar-refractivity contribution >= 4 is 12.3 Å². The van der Waals surface area contributed by atoms with Crippen LogP contribution in [0, 0.1) is 10.8 Å². The van der Waals surface area contributed by atoms with Crippen molar-refractivity contribution in [2.45, 2.75) is 27.7 Å². The van der Waals surface area contributed by atoms with Gasteiger partial charge in [-0.1, -0.05) is 39.8 Å². The zero-order valence-electron chi connectivity index (χ0n) is 9.86. The SMILES string of the molecule is CC(C)(C)C1(C)C=Cc2nccn2C=C1. The van der Waals surface area contributed by atoms with Gasteiger partial charge in [0.25, 0.3) is 0 Å². The molecule has 0 fully saturated rings. The number of hydrogen-bond donors (Lipinski definition) is 0. The molecule has 2 rings (SSSR count). The zero-order valence-corrected chi connectivity index (χ0v) is 9.86. The summed E-state index contributed by atoms with van der Waals surface area (Å²) in [5, 5.41) is 0. The molecule has 2 nitrogen and oxygen atoms in total. The Bertz CT molecular complexity index is 387. The highest BCUT2D eigenvalue weighted by atomic mass is 15.0. The van der Waals surface area contributed by atoms with E-state index in [9.17, 15) is 0 Å². The van der Waals surface area contributed by atoms with Gasteiger partial charge in [-0.2, -0.15) is 0 Å². The fourth-order valence-electron chi connectivity index (χ4n) is 1.62. The van der Waals surface area contributed by atoms with Gasteiger partial charge in [-0.25, -0.2) is 4.98 Å². The van der Waals surface area contributed by atoms with Crippen molar-refractivity contribution in [2.24, 2.45) is 10.8 Å². The third kappa shape index (κ3) is 1.65. The molecular formula is C13H18N2. The first kappa shape index (κ1) is 10.2. The molecule has 2 heteroatoms. The van der Waals surface area contributed by atoms with Crippen LogP contribution in [0.3, 0.4) is 0 Å². The number of allylic oxidation sites excluding steroid dienone is 2. The highest BCUT2D eigenvalue weighted by molar-refractivity contribution is 5.51. The molecule has 0 bridgehead atoms. The Labute approximate surface area is 91.3 Å². The van der Waals surface area contributed by atoms with Crippen LogP contribution >= 0.6 is 0 Å². The maximum Gasteiger partial charge on any atom is 0.136 e. The van der Waals surface area contributed by atoms with E-state index in [1.165, 1.54) is 0 Å². The second kappa shape index (κ2) is 3.09. The van der Waals surface area contributed by atoms with Crippen molar-refractivity contribution in [1.29, 1.82) is 0 Å².